The lowest BCUT2D eigenvalue weighted by Crippen LogP contribution is -2.29. The molecule has 0 aliphatic heterocycles. The van der Waals surface area contributed by atoms with Gasteiger partial charge >= 0.3 is 0 Å². The van der Waals surface area contributed by atoms with E-state index in [1.54, 1.807) is 0 Å². The maximum Gasteiger partial charge on any atom is 0.136 e. The predicted octanol–water partition coefficient (Wildman–Crippen LogP) is 3.18. The summed E-state index contributed by atoms with van der Waals surface area (Å²) in [6.45, 7) is 6.72. The van der Waals surface area contributed by atoms with Crippen molar-refractivity contribution in [2.24, 2.45) is 11.3 Å². The Morgan fingerprint density at radius 2 is 2.17 bits per heavy atom. The van der Waals surface area contributed by atoms with E-state index in [-0.39, 0.29) is 0 Å². The molecule has 0 aromatic heterocycles. The minimum Gasteiger partial charge on any atom is -0.299 e. The minimum absolute atomic E-state index is 0.374. The summed E-state index contributed by atoms with van der Waals surface area (Å²) in [4.78, 5) is 11.5. The molecule has 0 bridgehead atoms. The standard InChI is InChI=1S/C11H20O/c1-4-5-9-8-11(2,3)7-6-10(9)12/h9H,4-8H2,1-3H3. The highest BCUT2D eigenvalue weighted by Gasteiger charge is 2.32. The van der Waals surface area contributed by atoms with Gasteiger partial charge in [0.25, 0.3) is 0 Å². The predicted molar refractivity (Wildman–Crippen MR) is 51.0 cm³/mol. The Kier molecular flexibility index (Phi) is 2.92. The highest BCUT2D eigenvalue weighted by molar-refractivity contribution is 5.81. The van der Waals surface area contributed by atoms with Crippen LogP contribution in [0.4, 0.5) is 0 Å². The third-order valence-corrected chi connectivity index (χ3v) is 2.94. The SMILES string of the molecule is CCCC1CC(C)(C)CCC1=O. The second-order valence-electron chi connectivity index (χ2n) is 4.82. The smallest absolute Gasteiger partial charge is 0.136 e. The molecule has 1 fully saturated rings. The lowest BCUT2D eigenvalue weighted by molar-refractivity contribution is -0.127. The van der Waals surface area contributed by atoms with Gasteiger partial charge in [0, 0.05) is 12.3 Å². The molecule has 1 rings (SSSR count). The molecule has 0 spiro atoms. The molecule has 0 N–H and O–H groups in total. The number of carbonyl (C=O) groups is 1. The van der Waals surface area contributed by atoms with E-state index in [1.807, 2.05) is 0 Å². The summed E-state index contributed by atoms with van der Waals surface area (Å²) in [5.41, 5.74) is 0.410. The van der Waals surface area contributed by atoms with Crippen molar-refractivity contribution in [2.45, 2.75) is 52.9 Å². The molecule has 70 valence electrons. The van der Waals surface area contributed by atoms with Crippen LogP contribution in [0.1, 0.15) is 52.9 Å². The second-order valence-corrected chi connectivity index (χ2v) is 4.82. The molecule has 1 saturated carbocycles. The molecule has 0 aromatic rings. The van der Waals surface area contributed by atoms with Crippen LogP contribution in [0.3, 0.4) is 0 Å². The van der Waals surface area contributed by atoms with Gasteiger partial charge in [0.15, 0.2) is 0 Å². The molecule has 0 saturated heterocycles. The molecule has 1 atom stereocenters. The monoisotopic (exact) mass is 168 g/mol. The van der Waals surface area contributed by atoms with Gasteiger partial charge in [-0.25, -0.2) is 0 Å². The Morgan fingerprint density at radius 3 is 2.75 bits per heavy atom. The topological polar surface area (TPSA) is 17.1 Å². The van der Waals surface area contributed by atoms with Crippen LogP contribution >= 0.6 is 0 Å². The molecule has 1 nitrogen and oxygen atoms in total. The van der Waals surface area contributed by atoms with Crippen LogP contribution in [-0.4, -0.2) is 5.78 Å². The number of carbonyl (C=O) groups excluding carboxylic acids is 1. The summed E-state index contributed by atoms with van der Waals surface area (Å²) in [6, 6.07) is 0. The zero-order chi connectivity index (χ0) is 9.19. The zero-order valence-corrected chi connectivity index (χ0v) is 8.52. The summed E-state index contributed by atoms with van der Waals surface area (Å²) in [6.07, 6.45) is 5.26. The molecular formula is C11H20O. The van der Waals surface area contributed by atoms with Crippen molar-refractivity contribution >= 4 is 5.78 Å². The molecule has 1 aliphatic carbocycles. The van der Waals surface area contributed by atoms with Gasteiger partial charge in [-0.1, -0.05) is 27.2 Å². The summed E-state index contributed by atoms with van der Waals surface area (Å²) in [5.74, 6) is 0.884. The van der Waals surface area contributed by atoms with Crippen LogP contribution in [0.15, 0.2) is 0 Å². The highest BCUT2D eigenvalue weighted by atomic mass is 16.1. The maximum absolute atomic E-state index is 11.5. The van der Waals surface area contributed by atoms with Crippen LogP contribution in [-0.2, 0) is 4.79 Å². The fourth-order valence-electron chi connectivity index (χ4n) is 2.16. The van der Waals surface area contributed by atoms with E-state index in [4.69, 9.17) is 0 Å². The summed E-state index contributed by atoms with van der Waals surface area (Å²) >= 11 is 0. The molecular weight excluding hydrogens is 148 g/mol. The van der Waals surface area contributed by atoms with Gasteiger partial charge in [-0.3, -0.25) is 4.79 Å². The number of rotatable bonds is 2. The van der Waals surface area contributed by atoms with Crippen LogP contribution in [0, 0.1) is 11.3 Å². The van der Waals surface area contributed by atoms with Crippen LogP contribution in [0.2, 0.25) is 0 Å². The van der Waals surface area contributed by atoms with E-state index in [2.05, 4.69) is 20.8 Å². The first-order valence-electron chi connectivity index (χ1n) is 5.08. The Morgan fingerprint density at radius 1 is 1.50 bits per heavy atom. The first-order valence-corrected chi connectivity index (χ1v) is 5.08. The molecule has 12 heavy (non-hydrogen) atoms. The number of hydrogen-bond acceptors (Lipinski definition) is 1. The fourth-order valence-corrected chi connectivity index (χ4v) is 2.16. The quantitative estimate of drug-likeness (QED) is 0.619. The Balaban J connectivity index is 2.53. The van der Waals surface area contributed by atoms with Gasteiger partial charge in [0.2, 0.25) is 0 Å². The first kappa shape index (κ1) is 9.76. The van der Waals surface area contributed by atoms with Crippen molar-refractivity contribution in [3.05, 3.63) is 0 Å². The van der Waals surface area contributed by atoms with E-state index in [0.29, 0.717) is 17.1 Å². The lowest BCUT2D eigenvalue weighted by atomic mass is 9.70. The summed E-state index contributed by atoms with van der Waals surface area (Å²) < 4.78 is 0. The third-order valence-electron chi connectivity index (χ3n) is 2.94. The minimum atomic E-state index is 0.374. The van der Waals surface area contributed by atoms with E-state index < -0.39 is 0 Å². The Bertz CT molecular complexity index is 170. The van der Waals surface area contributed by atoms with Gasteiger partial charge in [-0.05, 0) is 24.7 Å². The normalized spacial score (nSPS) is 28.9. The third kappa shape index (κ3) is 2.33. The van der Waals surface area contributed by atoms with E-state index >= 15 is 0 Å². The molecule has 0 heterocycles. The molecule has 1 heteroatoms. The maximum atomic E-state index is 11.5. The van der Waals surface area contributed by atoms with Crippen LogP contribution in [0.25, 0.3) is 0 Å². The van der Waals surface area contributed by atoms with Crippen molar-refractivity contribution in [1.29, 1.82) is 0 Å². The lowest BCUT2D eigenvalue weighted by Gasteiger charge is -2.34. The van der Waals surface area contributed by atoms with Crippen LogP contribution in [0.5, 0.6) is 0 Å². The van der Waals surface area contributed by atoms with Gasteiger partial charge in [0.05, 0.1) is 0 Å². The van der Waals surface area contributed by atoms with Crippen molar-refractivity contribution in [2.75, 3.05) is 0 Å². The van der Waals surface area contributed by atoms with Crippen molar-refractivity contribution in [3.8, 4) is 0 Å². The molecule has 0 amide bonds. The van der Waals surface area contributed by atoms with E-state index in [9.17, 15) is 4.79 Å². The zero-order valence-electron chi connectivity index (χ0n) is 8.52. The second kappa shape index (κ2) is 3.59. The van der Waals surface area contributed by atoms with E-state index in [1.165, 1.54) is 0 Å². The number of hydrogen-bond donors (Lipinski definition) is 0. The average molecular weight is 168 g/mol. The average Bonchev–Trinajstić information content (AvgIpc) is 1.97. The molecule has 0 radical (unpaired) electrons. The van der Waals surface area contributed by atoms with Crippen LogP contribution < -0.4 is 0 Å². The molecule has 1 aliphatic rings. The van der Waals surface area contributed by atoms with Crippen molar-refractivity contribution in [1.82, 2.24) is 0 Å². The van der Waals surface area contributed by atoms with Gasteiger partial charge < -0.3 is 0 Å². The summed E-state index contributed by atoms with van der Waals surface area (Å²) in [5, 5.41) is 0. The summed E-state index contributed by atoms with van der Waals surface area (Å²) in [7, 11) is 0. The Labute approximate surface area is 75.5 Å². The first-order chi connectivity index (χ1) is 5.55. The Hall–Kier alpha value is -0.330. The van der Waals surface area contributed by atoms with Gasteiger partial charge in [-0.15, -0.1) is 0 Å². The van der Waals surface area contributed by atoms with Crippen molar-refractivity contribution < 1.29 is 4.79 Å². The number of ketones is 1. The number of Topliss-reactive ketones (excluding diaryl/α,β-unsaturated/α-hetero) is 1. The van der Waals surface area contributed by atoms with E-state index in [0.717, 1.165) is 32.1 Å². The highest BCUT2D eigenvalue weighted by Crippen LogP contribution is 2.38. The fraction of sp³-hybridized carbons (Fsp3) is 0.909. The van der Waals surface area contributed by atoms with Gasteiger partial charge in [-0.2, -0.15) is 0 Å². The largest absolute Gasteiger partial charge is 0.299 e. The van der Waals surface area contributed by atoms with Gasteiger partial charge in [0.1, 0.15) is 5.78 Å². The molecule has 1 unspecified atom stereocenters. The van der Waals surface area contributed by atoms with Crippen molar-refractivity contribution in [3.63, 3.8) is 0 Å². The molecule has 0 aromatic carbocycles.